The van der Waals surface area contributed by atoms with E-state index in [2.05, 4.69) is 40.3 Å². The van der Waals surface area contributed by atoms with Crippen LogP contribution in [0, 0.1) is 17.8 Å². The number of furan rings is 1. The van der Waals surface area contributed by atoms with Crippen LogP contribution >= 0.6 is 0 Å². The van der Waals surface area contributed by atoms with Crippen molar-refractivity contribution in [3.63, 3.8) is 0 Å². The average Bonchev–Trinajstić information content (AvgIpc) is 3.33. The highest BCUT2D eigenvalue weighted by molar-refractivity contribution is 5.91. The van der Waals surface area contributed by atoms with Gasteiger partial charge in [-0.3, -0.25) is 9.69 Å². The van der Waals surface area contributed by atoms with Crippen LogP contribution in [0.15, 0.2) is 77.4 Å². The van der Waals surface area contributed by atoms with Gasteiger partial charge in [-0.05, 0) is 61.2 Å². The molecule has 1 amide bonds. The van der Waals surface area contributed by atoms with Crippen molar-refractivity contribution in [3.05, 3.63) is 95.4 Å². The zero-order chi connectivity index (χ0) is 20.6. The lowest BCUT2D eigenvalue weighted by Crippen LogP contribution is -2.40. The first-order valence-electron chi connectivity index (χ1n) is 10.5. The minimum atomic E-state index is -0.140. The van der Waals surface area contributed by atoms with Gasteiger partial charge in [-0.15, -0.1) is 0 Å². The van der Waals surface area contributed by atoms with Crippen LogP contribution in [0.2, 0.25) is 0 Å². The summed E-state index contributed by atoms with van der Waals surface area (Å²) in [5.41, 5.74) is 3.36. The van der Waals surface area contributed by atoms with E-state index in [1.165, 1.54) is 11.8 Å². The second kappa shape index (κ2) is 9.96. The molecule has 152 valence electrons. The summed E-state index contributed by atoms with van der Waals surface area (Å²) >= 11 is 0. The van der Waals surface area contributed by atoms with Crippen LogP contribution in [0.4, 0.5) is 0 Å². The van der Waals surface area contributed by atoms with E-state index in [0.29, 0.717) is 18.2 Å². The van der Waals surface area contributed by atoms with Gasteiger partial charge in [-0.1, -0.05) is 48.2 Å². The Balaban J connectivity index is 1.36. The average molecular weight is 399 g/mol. The molecule has 0 spiro atoms. The molecule has 0 bridgehead atoms. The lowest BCUT2D eigenvalue weighted by atomic mass is 9.97. The van der Waals surface area contributed by atoms with Crippen LogP contribution in [0.1, 0.15) is 40.1 Å². The van der Waals surface area contributed by atoms with Crippen LogP contribution in [0.3, 0.4) is 0 Å². The molecule has 1 aliphatic rings. The zero-order valence-corrected chi connectivity index (χ0v) is 17.0. The summed E-state index contributed by atoms with van der Waals surface area (Å²) in [4.78, 5) is 14.6. The number of likely N-dealkylation sites (tertiary alicyclic amines) is 1. The topological polar surface area (TPSA) is 45.5 Å². The maximum atomic E-state index is 12.1. The summed E-state index contributed by atoms with van der Waals surface area (Å²) in [6.07, 6.45) is 3.79. The maximum Gasteiger partial charge on any atom is 0.286 e. The summed E-state index contributed by atoms with van der Waals surface area (Å²) in [5.74, 6) is 7.28. The number of hydrogen-bond donors (Lipinski definition) is 1. The first kappa shape index (κ1) is 20.0. The van der Waals surface area contributed by atoms with Gasteiger partial charge in [0.1, 0.15) is 0 Å². The Kier molecular flexibility index (Phi) is 6.64. The van der Waals surface area contributed by atoms with Crippen LogP contribution in [-0.4, -0.2) is 30.4 Å². The molecule has 0 aliphatic carbocycles. The molecule has 4 rings (SSSR count). The lowest BCUT2D eigenvalue weighted by molar-refractivity contribution is 0.0903. The molecule has 30 heavy (non-hydrogen) atoms. The maximum absolute atomic E-state index is 12.1. The molecule has 1 N–H and O–H groups in total. The van der Waals surface area contributed by atoms with E-state index in [1.807, 2.05) is 36.4 Å². The number of piperidine rings is 1. The van der Waals surface area contributed by atoms with Crippen molar-refractivity contribution in [3.8, 4) is 11.8 Å². The second-order valence-electron chi connectivity index (χ2n) is 7.70. The number of carbonyl (C=O) groups is 1. The third kappa shape index (κ3) is 5.40. The Bertz CT molecular complexity index is 1020. The Morgan fingerprint density at radius 3 is 2.70 bits per heavy atom. The number of nitrogens with one attached hydrogen (secondary N) is 1. The number of nitrogens with zero attached hydrogens (tertiary/aromatic N) is 1. The summed E-state index contributed by atoms with van der Waals surface area (Å²) in [6.45, 7) is 3.59. The smallest absolute Gasteiger partial charge is 0.286 e. The SMILES string of the molecule is O=C(NC[C@@H]1CCCN(Cc2ccccc2C#Cc2ccccc2)C1)c1ccco1. The van der Waals surface area contributed by atoms with Gasteiger partial charge < -0.3 is 9.73 Å². The predicted molar refractivity (Wildman–Crippen MR) is 118 cm³/mol. The monoisotopic (exact) mass is 398 g/mol. The number of benzene rings is 2. The molecule has 0 radical (unpaired) electrons. The lowest BCUT2D eigenvalue weighted by Gasteiger charge is -2.33. The van der Waals surface area contributed by atoms with Crippen molar-refractivity contribution in [2.45, 2.75) is 19.4 Å². The van der Waals surface area contributed by atoms with Gasteiger partial charge in [0.15, 0.2) is 5.76 Å². The molecule has 2 heterocycles. The molecule has 1 aliphatic heterocycles. The van der Waals surface area contributed by atoms with Gasteiger partial charge >= 0.3 is 0 Å². The molecular formula is C26H26N2O2. The van der Waals surface area contributed by atoms with Crippen molar-refractivity contribution in [2.75, 3.05) is 19.6 Å². The number of hydrogen-bond acceptors (Lipinski definition) is 3. The molecule has 1 fully saturated rings. The minimum absolute atomic E-state index is 0.140. The van der Waals surface area contributed by atoms with E-state index >= 15 is 0 Å². The minimum Gasteiger partial charge on any atom is -0.459 e. The summed E-state index contributed by atoms with van der Waals surface area (Å²) in [7, 11) is 0. The van der Waals surface area contributed by atoms with Crippen molar-refractivity contribution in [1.82, 2.24) is 10.2 Å². The second-order valence-corrected chi connectivity index (χ2v) is 7.70. The van der Waals surface area contributed by atoms with Gasteiger partial charge in [-0.25, -0.2) is 0 Å². The number of amides is 1. The van der Waals surface area contributed by atoms with Gasteiger partial charge in [0.05, 0.1) is 6.26 Å². The summed E-state index contributed by atoms with van der Waals surface area (Å²) in [6, 6.07) is 21.9. The van der Waals surface area contributed by atoms with Crippen LogP contribution < -0.4 is 5.32 Å². The van der Waals surface area contributed by atoms with Gasteiger partial charge in [-0.2, -0.15) is 0 Å². The highest BCUT2D eigenvalue weighted by Gasteiger charge is 2.21. The fraction of sp³-hybridized carbons (Fsp3) is 0.269. The van der Waals surface area contributed by atoms with Gasteiger partial charge in [0, 0.05) is 30.8 Å². The van der Waals surface area contributed by atoms with Crippen LogP contribution in [0.5, 0.6) is 0 Å². The quantitative estimate of drug-likeness (QED) is 0.651. The van der Waals surface area contributed by atoms with E-state index in [-0.39, 0.29) is 5.91 Å². The molecule has 1 aromatic heterocycles. The van der Waals surface area contributed by atoms with Crippen molar-refractivity contribution < 1.29 is 9.21 Å². The largest absolute Gasteiger partial charge is 0.459 e. The molecule has 2 aromatic carbocycles. The normalized spacial score (nSPS) is 16.5. The van der Waals surface area contributed by atoms with E-state index in [0.717, 1.165) is 43.6 Å². The summed E-state index contributed by atoms with van der Waals surface area (Å²) in [5, 5.41) is 3.01. The Labute approximate surface area is 177 Å². The van der Waals surface area contributed by atoms with E-state index < -0.39 is 0 Å². The molecule has 4 nitrogen and oxygen atoms in total. The van der Waals surface area contributed by atoms with Crippen LogP contribution in [0.25, 0.3) is 0 Å². The fourth-order valence-corrected chi connectivity index (χ4v) is 3.88. The summed E-state index contributed by atoms with van der Waals surface area (Å²) < 4.78 is 5.17. The molecule has 1 atom stereocenters. The first-order chi connectivity index (χ1) is 14.8. The standard InChI is InChI=1S/C26H26N2O2/c29-26(25-13-7-17-30-25)27-18-22-10-6-16-28(19-22)20-24-12-5-4-11-23(24)15-14-21-8-2-1-3-9-21/h1-5,7-9,11-13,17,22H,6,10,16,18-20H2,(H,27,29)/t22-/m0/s1. The predicted octanol–water partition coefficient (Wildman–Crippen LogP) is 4.32. The van der Waals surface area contributed by atoms with Crippen LogP contribution in [-0.2, 0) is 6.54 Å². The van der Waals surface area contributed by atoms with Gasteiger partial charge in [0.2, 0.25) is 0 Å². The van der Waals surface area contributed by atoms with E-state index in [4.69, 9.17) is 4.42 Å². The van der Waals surface area contributed by atoms with Crippen molar-refractivity contribution in [1.29, 1.82) is 0 Å². The number of rotatable bonds is 5. The van der Waals surface area contributed by atoms with Crippen molar-refractivity contribution in [2.24, 2.45) is 5.92 Å². The van der Waals surface area contributed by atoms with E-state index in [9.17, 15) is 4.79 Å². The Morgan fingerprint density at radius 2 is 1.87 bits per heavy atom. The highest BCUT2D eigenvalue weighted by atomic mass is 16.3. The first-order valence-corrected chi connectivity index (χ1v) is 10.5. The highest BCUT2D eigenvalue weighted by Crippen LogP contribution is 2.20. The third-order valence-corrected chi connectivity index (χ3v) is 5.43. The Hall–Kier alpha value is -3.29. The van der Waals surface area contributed by atoms with E-state index in [1.54, 1.807) is 12.1 Å². The zero-order valence-electron chi connectivity index (χ0n) is 17.0. The molecular weight excluding hydrogens is 372 g/mol. The van der Waals surface area contributed by atoms with Crippen molar-refractivity contribution >= 4 is 5.91 Å². The molecule has 0 saturated carbocycles. The molecule has 4 heteroatoms. The number of carbonyl (C=O) groups excluding carboxylic acids is 1. The third-order valence-electron chi connectivity index (χ3n) is 5.43. The molecule has 3 aromatic rings. The van der Waals surface area contributed by atoms with Gasteiger partial charge in [0.25, 0.3) is 5.91 Å². The Morgan fingerprint density at radius 1 is 1.03 bits per heavy atom. The molecule has 1 saturated heterocycles. The fourth-order valence-electron chi connectivity index (χ4n) is 3.88. The molecule has 0 unspecified atom stereocenters.